The SMILES string of the molecule is O=C(O)c1cccc(CN2CC[C@](O)(c3ccccc3)C2)n1. The Bertz CT molecular complexity index is 675. The fourth-order valence-corrected chi connectivity index (χ4v) is 2.91. The van der Waals surface area contributed by atoms with E-state index >= 15 is 0 Å². The van der Waals surface area contributed by atoms with E-state index in [2.05, 4.69) is 9.88 Å². The van der Waals surface area contributed by atoms with E-state index in [1.165, 1.54) is 6.07 Å². The average Bonchev–Trinajstić information content (AvgIpc) is 2.91. The predicted octanol–water partition coefficient (Wildman–Crippen LogP) is 1.87. The number of carbonyl (C=O) groups is 1. The van der Waals surface area contributed by atoms with Crippen molar-refractivity contribution >= 4 is 5.97 Å². The maximum Gasteiger partial charge on any atom is 0.354 e. The van der Waals surface area contributed by atoms with E-state index in [0.29, 0.717) is 25.2 Å². The lowest BCUT2D eigenvalue weighted by Crippen LogP contribution is -2.30. The summed E-state index contributed by atoms with van der Waals surface area (Å²) in [6, 6.07) is 14.6. The van der Waals surface area contributed by atoms with Gasteiger partial charge in [-0.15, -0.1) is 0 Å². The van der Waals surface area contributed by atoms with Gasteiger partial charge in [0, 0.05) is 19.6 Å². The van der Waals surface area contributed by atoms with Gasteiger partial charge in [-0.25, -0.2) is 9.78 Å². The second-order valence-electron chi connectivity index (χ2n) is 5.68. The third kappa shape index (κ3) is 3.00. The van der Waals surface area contributed by atoms with E-state index in [-0.39, 0.29) is 5.69 Å². The lowest BCUT2D eigenvalue weighted by molar-refractivity contribution is 0.0451. The first-order valence-corrected chi connectivity index (χ1v) is 7.26. The van der Waals surface area contributed by atoms with E-state index < -0.39 is 11.6 Å². The molecule has 2 N–H and O–H groups in total. The number of carboxylic acid groups (broad SMARTS) is 1. The number of aliphatic hydroxyl groups is 1. The number of carboxylic acids is 1. The molecule has 0 saturated carbocycles. The molecule has 0 unspecified atom stereocenters. The minimum atomic E-state index is -1.02. The van der Waals surface area contributed by atoms with Crippen LogP contribution in [-0.4, -0.2) is 39.2 Å². The van der Waals surface area contributed by atoms with Gasteiger partial charge in [0.25, 0.3) is 0 Å². The quantitative estimate of drug-likeness (QED) is 0.901. The van der Waals surface area contributed by atoms with Crippen LogP contribution in [0.2, 0.25) is 0 Å². The monoisotopic (exact) mass is 298 g/mol. The molecule has 2 aromatic rings. The van der Waals surface area contributed by atoms with E-state index in [1.807, 2.05) is 36.4 Å². The highest BCUT2D eigenvalue weighted by Gasteiger charge is 2.37. The Kier molecular flexibility index (Phi) is 3.92. The van der Waals surface area contributed by atoms with Crippen molar-refractivity contribution in [2.45, 2.75) is 18.6 Å². The summed E-state index contributed by atoms with van der Waals surface area (Å²) in [5, 5.41) is 19.8. The second kappa shape index (κ2) is 5.87. The molecule has 0 spiro atoms. The maximum absolute atomic E-state index is 11.0. The molecule has 1 aliphatic heterocycles. The first-order valence-electron chi connectivity index (χ1n) is 7.26. The van der Waals surface area contributed by atoms with Crippen LogP contribution in [0.5, 0.6) is 0 Å². The second-order valence-corrected chi connectivity index (χ2v) is 5.68. The smallest absolute Gasteiger partial charge is 0.354 e. The first kappa shape index (κ1) is 14.7. The molecule has 5 nitrogen and oxygen atoms in total. The third-order valence-corrected chi connectivity index (χ3v) is 4.05. The maximum atomic E-state index is 11.0. The molecule has 0 amide bonds. The molecule has 22 heavy (non-hydrogen) atoms. The number of nitrogens with zero attached hydrogens (tertiary/aromatic N) is 2. The summed E-state index contributed by atoms with van der Waals surface area (Å²) in [5.74, 6) is -1.02. The summed E-state index contributed by atoms with van der Waals surface area (Å²) in [6.07, 6.45) is 0.662. The van der Waals surface area contributed by atoms with Crippen molar-refractivity contribution in [3.8, 4) is 0 Å². The Morgan fingerprint density at radius 1 is 1.18 bits per heavy atom. The van der Waals surface area contributed by atoms with Crippen LogP contribution in [0.3, 0.4) is 0 Å². The molecule has 114 valence electrons. The van der Waals surface area contributed by atoms with Crippen LogP contribution < -0.4 is 0 Å². The molecule has 1 aliphatic rings. The minimum absolute atomic E-state index is 0.0509. The molecular weight excluding hydrogens is 280 g/mol. The number of rotatable bonds is 4. The van der Waals surface area contributed by atoms with Gasteiger partial charge in [-0.2, -0.15) is 0 Å². The van der Waals surface area contributed by atoms with Crippen LogP contribution >= 0.6 is 0 Å². The van der Waals surface area contributed by atoms with Gasteiger partial charge in [0.2, 0.25) is 0 Å². The molecule has 3 rings (SSSR count). The van der Waals surface area contributed by atoms with Gasteiger partial charge < -0.3 is 10.2 Å². The summed E-state index contributed by atoms with van der Waals surface area (Å²) in [5.41, 5.74) is 0.836. The number of aromatic nitrogens is 1. The number of aromatic carboxylic acids is 1. The van der Waals surface area contributed by atoms with Gasteiger partial charge in [0.1, 0.15) is 11.3 Å². The normalized spacial score (nSPS) is 21.9. The fraction of sp³-hybridized carbons (Fsp3) is 0.294. The van der Waals surface area contributed by atoms with Crippen molar-refractivity contribution in [2.24, 2.45) is 0 Å². The van der Waals surface area contributed by atoms with Gasteiger partial charge in [-0.05, 0) is 24.1 Å². The lowest BCUT2D eigenvalue weighted by atomic mass is 9.93. The average molecular weight is 298 g/mol. The molecule has 1 fully saturated rings. The van der Waals surface area contributed by atoms with Crippen LogP contribution in [-0.2, 0) is 12.1 Å². The number of β-amino-alcohol motifs (C(OH)–C–C–N with tert-alkyl or cyclic N) is 1. The van der Waals surface area contributed by atoms with Gasteiger partial charge >= 0.3 is 5.97 Å². The van der Waals surface area contributed by atoms with E-state index in [1.54, 1.807) is 6.07 Å². The van der Waals surface area contributed by atoms with Crippen LogP contribution in [0.15, 0.2) is 48.5 Å². The van der Waals surface area contributed by atoms with Crippen molar-refractivity contribution in [2.75, 3.05) is 13.1 Å². The van der Waals surface area contributed by atoms with E-state index in [4.69, 9.17) is 5.11 Å². The van der Waals surface area contributed by atoms with Crippen molar-refractivity contribution < 1.29 is 15.0 Å². The minimum Gasteiger partial charge on any atom is -0.477 e. The van der Waals surface area contributed by atoms with Gasteiger partial charge in [0.15, 0.2) is 0 Å². The molecular formula is C17H18N2O3. The summed E-state index contributed by atoms with van der Waals surface area (Å²) < 4.78 is 0. The summed E-state index contributed by atoms with van der Waals surface area (Å²) in [4.78, 5) is 17.2. The zero-order valence-electron chi connectivity index (χ0n) is 12.1. The van der Waals surface area contributed by atoms with Crippen LogP contribution in [0, 0.1) is 0 Å². The van der Waals surface area contributed by atoms with Crippen molar-refractivity contribution in [1.82, 2.24) is 9.88 Å². The predicted molar refractivity (Wildman–Crippen MR) is 81.4 cm³/mol. The Morgan fingerprint density at radius 3 is 2.68 bits per heavy atom. The third-order valence-electron chi connectivity index (χ3n) is 4.05. The number of hydrogen-bond acceptors (Lipinski definition) is 4. The van der Waals surface area contributed by atoms with E-state index in [0.717, 1.165) is 12.1 Å². The summed E-state index contributed by atoms with van der Waals surface area (Å²) >= 11 is 0. The molecule has 0 bridgehead atoms. The van der Waals surface area contributed by atoms with Crippen LogP contribution in [0.4, 0.5) is 0 Å². The van der Waals surface area contributed by atoms with Gasteiger partial charge in [-0.1, -0.05) is 36.4 Å². The molecule has 1 saturated heterocycles. The molecule has 0 radical (unpaired) electrons. The van der Waals surface area contributed by atoms with Gasteiger partial charge in [0.05, 0.1) is 5.69 Å². The highest BCUT2D eigenvalue weighted by Crippen LogP contribution is 2.32. The fourth-order valence-electron chi connectivity index (χ4n) is 2.91. The Labute approximate surface area is 128 Å². The Balaban J connectivity index is 1.71. The molecule has 0 aliphatic carbocycles. The first-order chi connectivity index (χ1) is 10.6. The number of pyridine rings is 1. The highest BCUT2D eigenvalue weighted by atomic mass is 16.4. The van der Waals surface area contributed by atoms with E-state index in [9.17, 15) is 9.90 Å². The lowest BCUT2D eigenvalue weighted by Gasteiger charge is -2.24. The number of benzene rings is 1. The number of hydrogen-bond donors (Lipinski definition) is 2. The van der Waals surface area contributed by atoms with Crippen molar-refractivity contribution in [3.05, 3.63) is 65.5 Å². The van der Waals surface area contributed by atoms with Crippen molar-refractivity contribution in [3.63, 3.8) is 0 Å². The van der Waals surface area contributed by atoms with Crippen molar-refractivity contribution in [1.29, 1.82) is 0 Å². The Hall–Kier alpha value is -2.24. The molecule has 5 heteroatoms. The van der Waals surface area contributed by atoms with Crippen LogP contribution in [0.25, 0.3) is 0 Å². The zero-order valence-corrected chi connectivity index (χ0v) is 12.1. The largest absolute Gasteiger partial charge is 0.477 e. The number of likely N-dealkylation sites (tertiary alicyclic amines) is 1. The Morgan fingerprint density at radius 2 is 1.95 bits per heavy atom. The zero-order chi connectivity index (χ0) is 15.6. The van der Waals surface area contributed by atoms with Crippen LogP contribution in [0.1, 0.15) is 28.2 Å². The molecule has 1 aromatic heterocycles. The molecule has 1 atom stereocenters. The summed E-state index contributed by atoms with van der Waals surface area (Å²) in [7, 11) is 0. The topological polar surface area (TPSA) is 73.7 Å². The summed E-state index contributed by atoms with van der Waals surface area (Å²) in [6.45, 7) is 1.82. The highest BCUT2D eigenvalue weighted by molar-refractivity contribution is 5.85. The molecule has 1 aromatic carbocycles. The molecule has 2 heterocycles. The van der Waals surface area contributed by atoms with Gasteiger partial charge in [-0.3, -0.25) is 4.90 Å². The standard InChI is InChI=1S/C17H18N2O3/c20-16(21)15-8-4-7-14(18-15)11-19-10-9-17(22,12-19)13-5-2-1-3-6-13/h1-8,22H,9-12H2,(H,20,21)/t17-/m1/s1.